The first kappa shape index (κ1) is 10.4. The first-order valence-corrected chi connectivity index (χ1v) is 3.43. The molecular weight excluding hydrogens is 253 g/mol. The highest BCUT2D eigenvalue weighted by atomic mass is 127. The number of hydrogen-bond donors (Lipinski definition) is 7. The minimum atomic E-state index is 1.71. The maximum absolute atomic E-state index is 4.47. The highest BCUT2D eigenvalue weighted by Gasteiger charge is 1.78. The zero-order valence-corrected chi connectivity index (χ0v) is 7.44. The second kappa shape index (κ2) is 9.41. The van der Waals surface area contributed by atoms with E-state index in [1.807, 2.05) is 22.9 Å². The third kappa shape index (κ3) is 8.41. The molecule has 0 aliphatic carbocycles. The Morgan fingerprint density at radius 1 is 1.10 bits per heavy atom. The van der Waals surface area contributed by atoms with Gasteiger partial charge in [0.15, 0.2) is 0 Å². The van der Waals surface area contributed by atoms with Crippen LogP contribution in [0.5, 0.6) is 0 Å². The van der Waals surface area contributed by atoms with Gasteiger partial charge < -0.3 is 0 Å². The molecule has 0 aromatic heterocycles. The molecule has 0 unspecified atom stereocenters. The van der Waals surface area contributed by atoms with Gasteiger partial charge in [-0.25, -0.2) is 5.43 Å². The molecule has 0 rings (SSSR count). The van der Waals surface area contributed by atoms with Gasteiger partial charge in [-0.3, -0.25) is 0 Å². The Bertz CT molecular complexity index is 53.6. The quantitative estimate of drug-likeness (QED) is 0.117. The lowest BCUT2D eigenvalue weighted by atomic mass is 11.5. The van der Waals surface area contributed by atoms with Gasteiger partial charge in [0.25, 0.3) is 0 Å². The van der Waals surface area contributed by atoms with Crippen LogP contribution in [0.15, 0.2) is 0 Å². The van der Waals surface area contributed by atoms with E-state index in [4.69, 9.17) is 0 Å². The van der Waals surface area contributed by atoms with Gasteiger partial charge in [-0.1, -0.05) is 0 Å². The Hall–Kier alpha value is 0.410. The summed E-state index contributed by atoms with van der Waals surface area (Å²) in [6.45, 7) is 0. The normalized spacial score (nSPS) is 10.2. The van der Waals surface area contributed by atoms with Crippen LogP contribution in [0.25, 0.3) is 0 Å². The Labute approximate surface area is 72.1 Å². The van der Waals surface area contributed by atoms with Gasteiger partial charge in [0.05, 0.1) is 0 Å². The van der Waals surface area contributed by atoms with E-state index in [0.29, 0.717) is 0 Å². The van der Waals surface area contributed by atoms with E-state index in [2.05, 4.69) is 41.8 Å². The van der Waals surface area contributed by atoms with Gasteiger partial charge in [-0.15, -0.1) is 11.2 Å². The molecule has 0 aliphatic heterocycles. The summed E-state index contributed by atoms with van der Waals surface area (Å²) in [5.74, 6) is 0. The number of halogens is 1. The summed E-state index contributed by atoms with van der Waals surface area (Å²) in [4.78, 5) is 4.47. The fourth-order valence-electron chi connectivity index (χ4n) is 0.190. The van der Waals surface area contributed by atoms with Gasteiger partial charge >= 0.3 is 0 Å². The van der Waals surface area contributed by atoms with Gasteiger partial charge in [0, 0.05) is 22.9 Å². The summed E-state index contributed by atoms with van der Waals surface area (Å²) in [6, 6.07) is 0. The highest BCUT2D eigenvalue weighted by Crippen LogP contribution is 1.56. The lowest BCUT2D eigenvalue weighted by molar-refractivity contribution is -0.0786. The zero-order chi connectivity index (χ0) is 7.66. The topological polar surface area (TPSA) is 93.4 Å². The Morgan fingerprint density at radius 2 is 1.90 bits per heavy atom. The molecule has 0 saturated carbocycles. The third-order valence-electron chi connectivity index (χ3n) is 0.442. The fourth-order valence-corrected chi connectivity index (χ4v) is 0.300. The van der Waals surface area contributed by atoms with Crippen LogP contribution >= 0.6 is 22.9 Å². The van der Waals surface area contributed by atoms with Crippen LogP contribution < -0.4 is 36.8 Å². The molecular formula is CH10IN7O. The first-order chi connectivity index (χ1) is 4.91. The summed E-state index contributed by atoms with van der Waals surface area (Å²) in [7, 11) is 1.71. The monoisotopic (exact) mass is 263 g/mol. The minimum absolute atomic E-state index is 1.71. The maximum atomic E-state index is 4.47. The Morgan fingerprint density at radius 3 is 2.50 bits per heavy atom. The van der Waals surface area contributed by atoms with Crippen molar-refractivity contribution in [3.63, 3.8) is 0 Å². The molecule has 0 radical (unpaired) electrons. The predicted octanol–water partition coefficient (Wildman–Crippen LogP) is -2.49. The van der Waals surface area contributed by atoms with Crippen molar-refractivity contribution in [3.8, 4) is 0 Å². The van der Waals surface area contributed by atoms with Crippen molar-refractivity contribution in [3.05, 3.63) is 0 Å². The molecule has 0 aliphatic rings. The average Bonchev–Trinajstić information content (AvgIpc) is 1.97. The Balaban J connectivity index is 2.65. The standard InChI is InChI=1S/CH10IN7O/c1-3-5-6-7-9-10-8-4-2/h3-9H,1H3. The van der Waals surface area contributed by atoms with Crippen LogP contribution in [0.2, 0.25) is 0 Å². The number of rotatable bonds is 7. The molecule has 0 fully saturated rings. The fraction of sp³-hybridized carbons (Fsp3) is 1.00. The smallest absolute Gasteiger partial charge is 0.0355 e. The number of hydrazine groups is 5. The highest BCUT2D eigenvalue weighted by molar-refractivity contribution is 14.1. The third-order valence-corrected chi connectivity index (χ3v) is 0.662. The maximum Gasteiger partial charge on any atom is 0.0355 e. The van der Waals surface area contributed by atoms with Crippen LogP contribution in [-0.4, -0.2) is 7.05 Å². The molecule has 0 amide bonds. The van der Waals surface area contributed by atoms with Crippen molar-refractivity contribution in [2.24, 2.45) is 0 Å². The van der Waals surface area contributed by atoms with E-state index in [0.717, 1.165) is 0 Å². The lowest BCUT2D eigenvalue weighted by Gasteiger charge is -2.07. The van der Waals surface area contributed by atoms with Crippen LogP contribution in [0.3, 0.4) is 0 Å². The number of nitrogens with one attached hydrogen (secondary N) is 7. The van der Waals surface area contributed by atoms with Crippen LogP contribution in [0.4, 0.5) is 0 Å². The van der Waals surface area contributed by atoms with E-state index < -0.39 is 0 Å². The molecule has 0 aromatic carbocycles. The van der Waals surface area contributed by atoms with Gasteiger partial charge in [-0.2, -0.15) is 25.2 Å². The van der Waals surface area contributed by atoms with Crippen LogP contribution in [0, 0.1) is 0 Å². The molecule has 0 heterocycles. The molecule has 0 aromatic rings. The second-order valence-electron chi connectivity index (χ2n) is 1.03. The molecule has 62 valence electrons. The summed E-state index contributed by atoms with van der Waals surface area (Å²) in [5.41, 5.74) is 14.6. The molecule has 0 saturated heterocycles. The van der Waals surface area contributed by atoms with Crippen molar-refractivity contribution in [1.29, 1.82) is 0 Å². The number of hydrogen-bond acceptors (Lipinski definition) is 8. The second-order valence-corrected chi connectivity index (χ2v) is 1.57. The molecule has 7 N–H and O–H groups in total. The van der Waals surface area contributed by atoms with Gasteiger partial charge in [-0.05, 0) is 7.05 Å². The SMILES string of the molecule is CNNNNNONNI. The van der Waals surface area contributed by atoms with Gasteiger partial charge in [0.2, 0.25) is 0 Å². The molecule has 0 spiro atoms. The van der Waals surface area contributed by atoms with E-state index >= 15 is 0 Å². The van der Waals surface area contributed by atoms with E-state index in [1.54, 1.807) is 7.05 Å². The molecule has 9 heteroatoms. The van der Waals surface area contributed by atoms with Crippen molar-refractivity contribution in [1.82, 2.24) is 36.8 Å². The minimum Gasteiger partial charge on any atom is -0.246 e. The predicted molar refractivity (Wildman–Crippen MR) is 43.0 cm³/mol. The summed E-state index contributed by atoms with van der Waals surface area (Å²) < 4.78 is 2.49. The molecule has 0 bridgehead atoms. The zero-order valence-electron chi connectivity index (χ0n) is 5.29. The summed E-state index contributed by atoms with van der Waals surface area (Å²) >= 11 is 1.85. The summed E-state index contributed by atoms with van der Waals surface area (Å²) in [6.07, 6.45) is 0. The van der Waals surface area contributed by atoms with E-state index in [-0.39, 0.29) is 0 Å². The van der Waals surface area contributed by atoms with Crippen LogP contribution in [-0.2, 0) is 4.94 Å². The molecule has 8 nitrogen and oxygen atoms in total. The largest absolute Gasteiger partial charge is 0.246 e. The van der Waals surface area contributed by atoms with Crippen molar-refractivity contribution >= 4 is 22.9 Å². The molecule has 10 heavy (non-hydrogen) atoms. The Kier molecular flexibility index (Phi) is 9.80. The van der Waals surface area contributed by atoms with E-state index in [9.17, 15) is 0 Å². The van der Waals surface area contributed by atoms with Crippen molar-refractivity contribution in [2.45, 2.75) is 0 Å². The van der Waals surface area contributed by atoms with Crippen molar-refractivity contribution < 1.29 is 4.94 Å². The average molecular weight is 263 g/mol. The van der Waals surface area contributed by atoms with Crippen LogP contribution in [0.1, 0.15) is 0 Å². The lowest BCUT2D eigenvalue weighted by Crippen LogP contribution is -2.55. The summed E-state index contributed by atoms with van der Waals surface area (Å²) in [5, 5.41) is 0. The first-order valence-electron chi connectivity index (χ1n) is 2.35. The molecule has 0 atom stereocenters. The van der Waals surface area contributed by atoms with Crippen molar-refractivity contribution in [2.75, 3.05) is 7.05 Å². The van der Waals surface area contributed by atoms with E-state index in [1.165, 1.54) is 0 Å². The van der Waals surface area contributed by atoms with Gasteiger partial charge in [0.1, 0.15) is 0 Å².